The van der Waals surface area contributed by atoms with Crippen LogP contribution in [-0.2, 0) is 9.53 Å². The Morgan fingerprint density at radius 2 is 2.09 bits per heavy atom. The van der Waals surface area contributed by atoms with Gasteiger partial charge in [-0.1, -0.05) is 6.92 Å². The first-order valence-corrected chi connectivity index (χ1v) is 7.59. The van der Waals surface area contributed by atoms with E-state index in [0.29, 0.717) is 31.5 Å². The lowest BCUT2D eigenvalue weighted by atomic mass is 10.2. The Balaban J connectivity index is 1.96. The molecular formula is C16H23N3O4. The van der Waals surface area contributed by atoms with Crippen molar-refractivity contribution in [1.82, 2.24) is 5.32 Å². The van der Waals surface area contributed by atoms with Crippen LogP contribution in [0.25, 0.3) is 0 Å². The van der Waals surface area contributed by atoms with E-state index in [4.69, 9.17) is 14.2 Å². The van der Waals surface area contributed by atoms with Gasteiger partial charge in [-0.2, -0.15) is 0 Å². The highest BCUT2D eigenvalue weighted by atomic mass is 16.5. The summed E-state index contributed by atoms with van der Waals surface area (Å²) in [5.74, 6) is 1.50. The summed E-state index contributed by atoms with van der Waals surface area (Å²) in [6.45, 7) is 3.52. The third kappa shape index (κ3) is 4.77. The van der Waals surface area contributed by atoms with Crippen molar-refractivity contribution in [3.8, 4) is 11.5 Å². The zero-order valence-corrected chi connectivity index (χ0v) is 13.7. The molecule has 7 heteroatoms. The number of fused-ring (bicyclic) bond motifs is 1. The summed E-state index contributed by atoms with van der Waals surface area (Å²) in [5.41, 5.74) is 0.827. The van der Waals surface area contributed by atoms with Gasteiger partial charge in [-0.15, -0.1) is 0 Å². The van der Waals surface area contributed by atoms with Crippen LogP contribution in [0.5, 0.6) is 11.5 Å². The summed E-state index contributed by atoms with van der Waals surface area (Å²) in [6.07, 6.45) is 0.867. The molecule has 1 heterocycles. The molecule has 0 aliphatic carbocycles. The Morgan fingerprint density at radius 3 is 2.78 bits per heavy atom. The maximum atomic E-state index is 11.4. The fourth-order valence-electron chi connectivity index (χ4n) is 2.09. The van der Waals surface area contributed by atoms with Gasteiger partial charge in [-0.05, 0) is 12.1 Å². The van der Waals surface area contributed by atoms with E-state index in [2.05, 4.69) is 15.6 Å². The molecule has 0 amide bonds. The van der Waals surface area contributed by atoms with Gasteiger partial charge in [0.1, 0.15) is 0 Å². The van der Waals surface area contributed by atoms with E-state index in [1.807, 2.05) is 18.2 Å². The highest BCUT2D eigenvalue weighted by Crippen LogP contribution is 2.32. The maximum absolute atomic E-state index is 11.4. The van der Waals surface area contributed by atoms with Gasteiger partial charge >= 0.3 is 5.97 Å². The molecule has 23 heavy (non-hydrogen) atoms. The van der Waals surface area contributed by atoms with E-state index in [0.717, 1.165) is 17.9 Å². The van der Waals surface area contributed by atoms with Crippen molar-refractivity contribution < 1.29 is 19.0 Å². The molecule has 1 aliphatic heterocycles. The van der Waals surface area contributed by atoms with Crippen LogP contribution in [-0.4, -0.2) is 45.8 Å². The lowest BCUT2D eigenvalue weighted by molar-refractivity contribution is -0.144. The Labute approximate surface area is 136 Å². The second-order valence-electron chi connectivity index (χ2n) is 5.21. The Bertz CT molecular complexity index is 574. The van der Waals surface area contributed by atoms with Crippen molar-refractivity contribution >= 4 is 17.6 Å². The number of rotatable bonds is 4. The largest absolute Gasteiger partial charge is 0.490 e. The van der Waals surface area contributed by atoms with Crippen molar-refractivity contribution in [3.63, 3.8) is 0 Å². The summed E-state index contributed by atoms with van der Waals surface area (Å²) >= 11 is 0. The predicted octanol–water partition coefficient (Wildman–Crippen LogP) is 1.64. The van der Waals surface area contributed by atoms with E-state index in [1.165, 1.54) is 7.11 Å². The number of carbonyl (C=O) groups is 1. The molecule has 0 aromatic heterocycles. The average molecular weight is 321 g/mol. The fraction of sp³-hybridized carbons (Fsp3) is 0.500. The number of hydrogen-bond donors (Lipinski definition) is 2. The molecule has 0 saturated heterocycles. The van der Waals surface area contributed by atoms with Crippen molar-refractivity contribution in [2.45, 2.75) is 13.3 Å². The number of guanidine groups is 1. The Hall–Kier alpha value is -2.44. The molecule has 1 atom stereocenters. The summed E-state index contributed by atoms with van der Waals surface area (Å²) in [4.78, 5) is 15.6. The lowest BCUT2D eigenvalue weighted by Gasteiger charge is -2.15. The van der Waals surface area contributed by atoms with Crippen LogP contribution in [0.3, 0.4) is 0 Å². The molecule has 0 fully saturated rings. The minimum absolute atomic E-state index is 0.261. The quantitative estimate of drug-likeness (QED) is 0.498. The predicted molar refractivity (Wildman–Crippen MR) is 88.2 cm³/mol. The highest BCUT2D eigenvalue weighted by molar-refractivity contribution is 5.94. The summed E-state index contributed by atoms with van der Waals surface area (Å²) in [5, 5.41) is 6.25. The molecule has 126 valence electrons. The van der Waals surface area contributed by atoms with Crippen LogP contribution < -0.4 is 20.1 Å². The topological polar surface area (TPSA) is 81.2 Å². The molecule has 1 aliphatic rings. The molecular weight excluding hydrogens is 298 g/mol. The lowest BCUT2D eigenvalue weighted by Crippen LogP contribution is -2.36. The monoisotopic (exact) mass is 321 g/mol. The van der Waals surface area contributed by atoms with E-state index < -0.39 is 0 Å². The fourth-order valence-corrected chi connectivity index (χ4v) is 2.09. The number of benzene rings is 1. The first-order chi connectivity index (χ1) is 11.1. The number of carbonyl (C=O) groups excluding carboxylic acids is 1. The number of anilines is 1. The molecule has 2 N–H and O–H groups in total. The minimum Gasteiger partial charge on any atom is -0.490 e. The van der Waals surface area contributed by atoms with E-state index in [1.54, 1.807) is 14.0 Å². The molecule has 1 aromatic carbocycles. The van der Waals surface area contributed by atoms with E-state index in [-0.39, 0.29) is 11.9 Å². The van der Waals surface area contributed by atoms with Gasteiger partial charge in [0.05, 0.1) is 26.2 Å². The van der Waals surface area contributed by atoms with Gasteiger partial charge in [-0.25, -0.2) is 0 Å². The summed E-state index contributed by atoms with van der Waals surface area (Å²) in [7, 11) is 3.05. The normalized spacial score (nSPS) is 15.3. The van der Waals surface area contributed by atoms with Crippen LogP contribution in [0.4, 0.5) is 5.69 Å². The third-order valence-electron chi connectivity index (χ3n) is 3.41. The zero-order chi connectivity index (χ0) is 16.7. The third-order valence-corrected chi connectivity index (χ3v) is 3.41. The number of aliphatic imine (C=N–C) groups is 1. The Kier molecular flexibility index (Phi) is 6.08. The molecule has 7 nitrogen and oxygen atoms in total. The molecule has 0 radical (unpaired) electrons. The number of nitrogens with one attached hydrogen (secondary N) is 2. The van der Waals surface area contributed by atoms with Gasteiger partial charge in [0, 0.05) is 31.8 Å². The number of esters is 1. The van der Waals surface area contributed by atoms with Crippen molar-refractivity contribution in [3.05, 3.63) is 18.2 Å². The highest BCUT2D eigenvalue weighted by Gasteiger charge is 2.14. The molecule has 1 unspecified atom stereocenters. The van der Waals surface area contributed by atoms with Crippen LogP contribution >= 0.6 is 0 Å². The second kappa shape index (κ2) is 8.26. The van der Waals surface area contributed by atoms with Crippen LogP contribution in [0.1, 0.15) is 13.3 Å². The molecule has 1 aromatic rings. The van der Waals surface area contributed by atoms with Crippen molar-refractivity contribution in [2.24, 2.45) is 10.9 Å². The molecule has 0 spiro atoms. The van der Waals surface area contributed by atoms with E-state index >= 15 is 0 Å². The SMILES string of the molecule is CN=C(NCC(C)C(=O)OC)Nc1ccc2c(c1)OCCCO2. The minimum atomic E-state index is -0.262. The van der Waals surface area contributed by atoms with Crippen LogP contribution in [0, 0.1) is 5.92 Å². The first-order valence-electron chi connectivity index (χ1n) is 7.59. The van der Waals surface area contributed by atoms with Crippen molar-refractivity contribution in [2.75, 3.05) is 39.2 Å². The van der Waals surface area contributed by atoms with Gasteiger partial charge in [0.15, 0.2) is 17.5 Å². The number of nitrogens with zero attached hydrogens (tertiary/aromatic N) is 1. The number of methoxy groups -OCH3 is 1. The molecule has 2 rings (SSSR count). The zero-order valence-electron chi connectivity index (χ0n) is 13.7. The summed E-state index contributed by atoms with van der Waals surface area (Å²) < 4.78 is 16.0. The smallest absolute Gasteiger partial charge is 0.310 e. The standard InChI is InChI=1S/C16H23N3O4/c1-11(15(20)21-3)10-18-16(17-2)19-12-5-6-13-14(9-12)23-8-4-7-22-13/h5-6,9,11H,4,7-8,10H2,1-3H3,(H2,17,18,19). The maximum Gasteiger partial charge on any atom is 0.310 e. The van der Waals surface area contributed by atoms with Gasteiger partial charge in [0.25, 0.3) is 0 Å². The number of ether oxygens (including phenoxy) is 3. The second-order valence-corrected chi connectivity index (χ2v) is 5.21. The van der Waals surface area contributed by atoms with Gasteiger partial charge < -0.3 is 24.8 Å². The summed E-state index contributed by atoms with van der Waals surface area (Å²) in [6, 6.07) is 5.63. The van der Waals surface area contributed by atoms with Crippen LogP contribution in [0.15, 0.2) is 23.2 Å². The van der Waals surface area contributed by atoms with Crippen molar-refractivity contribution in [1.29, 1.82) is 0 Å². The first kappa shape index (κ1) is 16.9. The Morgan fingerprint density at radius 1 is 1.35 bits per heavy atom. The van der Waals surface area contributed by atoms with Gasteiger partial charge in [-0.3, -0.25) is 9.79 Å². The number of hydrogen-bond acceptors (Lipinski definition) is 5. The average Bonchev–Trinajstić information content (AvgIpc) is 2.82. The molecule has 0 bridgehead atoms. The van der Waals surface area contributed by atoms with E-state index in [9.17, 15) is 4.79 Å². The molecule has 0 saturated carbocycles. The van der Waals surface area contributed by atoms with Gasteiger partial charge in [0.2, 0.25) is 0 Å². The van der Waals surface area contributed by atoms with Crippen LogP contribution in [0.2, 0.25) is 0 Å².